The van der Waals surface area contributed by atoms with Gasteiger partial charge in [0.05, 0.1) is 10.0 Å². The molecule has 1 rings (SSSR count). The molecule has 6 heteroatoms. The van der Waals surface area contributed by atoms with Crippen molar-refractivity contribution in [2.75, 3.05) is 13.2 Å². The molecule has 1 N–H and O–H groups in total. The predicted octanol–water partition coefficient (Wildman–Crippen LogP) is 2.18. The van der Waals surface area contributed by atoms with E-state index in [2.05, 4.69) is 4.74 Å². The van der Waals surface area contributed by atoms with E-state index in [-0.39, 0.29) is 44.3 Å². The maximum atomic E-state index is 9.63. The standard InChI is InChI=1S/C6H4Cl2.C4H8O3.Ca.2H/c7-5-3-1-2-4-6(5)8;1-2-7-3-4(5)6;;;/h1-4H;2-3H2,1H3,(H,5,6);;;. The monoisotopic (exact) mass is 292 g/mol. The van der Waals surface area contributed by atoms with Crippen LogP contribution in [0.4, 0.5) is 0 Å². The molecular weight excluding hydrogens is 279 g/mol. The van der Waals surface area contributed by atoms with Crippen molar-refractivity contribution >= 4 is 66.9 Å². The van der Waals surface area contributed by atoms with Gasteiger partial charge in [0.25, 0.3) is 0 Å². The van der Waals surface area contributed by atoms with Gasteiger partial charge in [0.2, 0.25) is 0 Å². The summed E-state index contributed by atoms with van der Waals surface area (Å²) in [4.78, 5) is 9.63. The van der Waals surface area contributed by atoms with Crippen LogP contribution in [0.3, 0.4) is 0 Å². The maximum absolute atomic E-state index is 9.63. The van der Waals surface area contributed by atoms with Gasteiger partial charge in [-0.3, -0.25) is 0 Å². The summed E-state index contributed by atoms with van der Waals surface area (Å²) in [6.45, 7) is 2.03. The summed E-state index contributed by atoms with van der Waals surface area (Å²) in [5.74, 6) is -0.915. The van der Waals surface area contributed by atoms with Crippen LogP contribution in [0.25, 0.3) is 0 Å². The number of benzene rings is 1. The molecule has 0 saturated carbocycles. The molecule has 0 fully saturated rings. The first-order valence-corrected chi connectivity index (χ1v) is 5.03. The Morgan fingerprint density at radius 3 is 1.94 bits per heavy atom. The molecule has 0 saturated heterocycles. The molecule has 0 aromatic heterocycles. The molecule has 0 aliphatic carbocycles. The zero-order chi connectivity index (χ0) is 11.7. The zero-order valence-corrected chi connectivity index (χ0v) is 9.76. The van der Waals surface area contributed by atoms with Crippen LogP contribution in [0.5, 0.6) is 0 Å². The second kappa shape index (κ2) is 12.0. The van der Waals surface area contributed by atoms with E-state index in [1.807, 2.05) is 12.1 Å². The fourth-order valence-electron chi connectivity index (χ4n) is 0.629. The van der Waals surface area contributed by atoms with Crippen molar-refractivity contribution in [3.63, 3.8) is 0 Å². The normalized spacial score (nSPS) is 8.44. The molecule has 0 aliphatic rings. The number of rotatable bonds is 3. The van der Waals surface area contributed by atoms with E-state index < -0.39 is 5.97 Å². The Labute approximate surface area is 135 Å². The summed E-state index contributed by atoms with van der Waals surface area (Å²) in [7, 11) is 0. The molecular formula is C10H14CaCl2O3. The molecule has 0 radical (unpaired) electrons. The van der Waals surface area contributed by atoms with Crippen LogP contribution < -0.4 is 0 Å². The van der Waals surface area contributed by atoms with Crippen LogP contribution in [-0.4, -0.2) is 62.0 Å². The van der Waals surface area contributed by atoms with Gasteiger partial charge in [-0.25, -0.2) is 4.79 Å². The van der Waals surface area contributed by atoms with Crippen molar-refractivity contribution in [2.45, 2.75) is 6.92 Å². The number of carboxylic acid groups (broad SMARTS) is 1. The number of carboxylic acids is 1. The van der Waals surface area contributed by atoms with Crippen LogP contribution in [-0.2, 0) is 9.53 Å². The first kappa shape index (κ1) is 18.8. The van der Waals surface area contributed by atoms with Crippen molar-refractivity contribution in [2.24, 2.45) is 0 Å². The molecule has 1 aromatic rings. The second-order valence-electron chi connectivity index (χ2n) is 2.44. The van der Waals surface area contributed by atoms with Gasteiger partial charge >= 0.3 is 43.7 Å². The first-order valence-electron chi connectivity index (χ1n) is 4.27. The Balaban J connectivity index is 0. The topological polar surface area (TPSA) is 46.5 Å². The summed E-state index contributed by atoms with van der Waals surface area (Å²) >= 11 is 11.2. The van der Waals surface area contributed by atoms with Gasteiger partial charge in [-0.15, -0.1) is 0 Å². The van der Waals surface area contributed by atoms with Crippen molar-refractivity contribution in [3.8, 4) is 0 Å². The molecule has 0 atom stereocenters. The van der Waals surface area contributed by atoms with Crippen molar-refractivity contribution in [3.05, 3.63) is 34.3 Å². The fraction of sp³-hybridized carbons (Fsp3) is 0.300. The minimum absolute atomic E-state index is 0. The van der Waals surface area contributed by atoms with Gasteiger partial charge in [0.15, 0.2) is 0 Å². The van der Waals surface area contributed by atoms with E-state index >= 15 is 0 Å². The molecule has 3 nitrogen and oxygen atoms in total. The van der Waals surface area contributed by atoms with E-state index in [4.69, 9.17) is 28.3 Å². The van der Waals surface area contributed by atoms with Gasteiger partial charge in [-0.1, -0.05) is 35.3 Å². The molecule has 1 aromatic carbocycles. The molecule has 0 heterocycles. The number of hydrogen-bond donors (Lipinski definition) is 1. The minimum atomic E-state index is -0.915. The zero-order valence-electron chi connectivity index (χ0n) is 8.24. The van der Waals surface area contributed by atoms with Crippen molar-refractivity contribution in [1.82, 2.24) is 0 Å². The molecule has 0 amide bonds. The van der Waals surface area contributed by atoms with Crippen LogP contribution in [0.2, 0.25) is 10.0 Å². The average Bonchev–Trinajstić information content (AvgIpc) is 2.20. The average molecular weight is 293 g/mol. The predicted molar refractivity (Wildman–Crippen MR) is 69.1 cm³/mol. The van der Waals surface area contributed by atoms with Gasteiger partial charge in [-0.05, 0) is 19.1 Å². The van der Waals surface area contributed by atoms with E-state index in [0.29, 0.717) is 16.7 Å². The molecule has 0 spiro atoms. The first-order chi connectivity index (χ1) is 7.07. The van der Waals surface area contributed by atoms with E-state index in [1.54, 1.807) is 19.1 Å². The van der Waals surface area contributed by atoms with Crippen molar-refractivity contribution < 1.29 is 14.6 Å². The Bertz CT molecular complexity index is 287. The SMILES string of the molecule is CCOCC(=O)O.Clc1ccccc1Cl.[CaH2]. The van der Waals surface area contributed by atoms with Crippen LogP contribution >= 0.6 is 23.2 Å². The molecule has 0 aliphatic heterocycles. The van der Waals surface area contributed by atoms with E-state index in [1.165, 1.54) is 0 Å². The number of ether oxygens (including phenoxy) is 1. The third kappa shape index (κ3) is 11.0. The summed E-state index contributed by atoms with van der Waals surface area (Å²) in [6, 6.07) is 7.19. The summed E-state index contributed by atoms with van der Waals surface area (Å²) in [5.41, 5.74) is 0. The van der Waals surface area contributed by atoms with Gasteiger partial charge in [0, 0.05) is 6.61 Å². The number of carbonyl (C=O) groups is 1. The van der Waals surface area contributed by atoms with E-state index in [0.717, 1.165) is 0 Å². The molecule has 0 unspecified atom stereocenters. The summed E-state index contributed by atoms with van der Waals surface area (Å²) < 4.78 is 4.50. The van der Waals surface area contributed by atoms with Crippen LogP contribution in [0, 0.1) is 0 Å². The van der Waals surface area contributed by atoms with E-state index in [9.17, 15) is 4.79 Å². The summed E-state index contributed by atoms with van der Waals surface area (Å²) in [6.07, 6.45) is 0. The Morgan fingerprint density at radius 1 is 1.31 bits per heavy atom. The third-order valence-electron chi connectivity index (χ3n) is 1.25. The Morgan fingerprint density at radius 2 is 1.75 bits per heavy atom. The fourth-order valence-corrected chi connectivity index (χ4v) is 0.900. The van der Waals surface area contributed by atoms with Gasteiger partial charge < -0.3 is 9.84 Å². The quantitative estimate of drug-likeness (QED) is 0.869. The summed E-state index contributed by atoms with van der Waals surface area (Å²) in [5, 5.41) is 9.13. The van der Waals surface area contributed by atoms with Crippen molar-refractivity contribution in [1.29, 1.82) is 0 Å². The number of aliphatic carboxylic acids is 1. The third-order valence-corrected chi connectivity index (χ3v) is 2.01. The van der Waals surface area contributed by atoms with Crippen LogP contribution in [0.15, 0.2) is 24.3 Å². The number of hydrogen-bond acceptors (Lipinski definition) is 2. The Hall–Kier alpha value is 0.490. The second-order valence-corrected chi connectivity index (χ2v) is 3.26. The Kier molecular flexibility index (Phi) is 14.1. The van der Waals surface area contributed by atoms with Crippen LogP contribution in [0.1, 0.15) is 6.92 Å². The van der Waals surface area contributed by atoms with Gasteiger partial charge in [0.1, 0.15) is 6.61 Å². The molecule has 0 bridgehead atoms. The molecule has 16 heavy (non-hydrogen) atoms. The van der Waals surface area contributed by atoms with Gasteiger partial charge in [-0.2, -0.15) is 0 Å². The molecule has 88 valence electrons. The number of halogens is 2.